The molecule has 20 heavy (non-hydrogen) atoms. The highest BCUT2D eigenvalue weighted by atomic mass is 32.2. The van der Waals surface area contributed by atoms with Crippen molar-refractivity contribution in [3.63, 3.8) is 0 Å². The lowest BCUT2D eigenvalue weighted by Gasteiger charge is -2.21. The number of hydrogen-bond donors (Lipinski definition) is 0. The maximum absolute atomic E-state index is 13.6. The van der Waals surface area contributed by atoms with E-state index in [1.165, 1.54) is 11.2 Å². The van der Waals surface area contributed by atoms with Crippen molar-refractivity contribution in [1.82, 2.24) is 4.31 Å². The maximum Gasteiger partial charge on any atom is 0.306 e. The van der Waals surface area contributed by atoms with Gasteiger partial charge in [0.2, 0.25) is 15.8 Å². The summed E-state index contributed by atoms with van der Waals surface area (Å²) in [5.74, 6) is -0.997. The van der Waals surface area contributed by atoms with Gasteiger partial charge in [0.1, 0.15) is 0 Å². The van der Waals surface area contributed by atoms with Gasteiger partial charge in [-0.15, -0.1) is 0 Å². The van der Waals surface area contributed by atoms with Gasteiger partial charge in [0.15, 0.2) is 0 Å². The number of nitrogens with zero attached hydrogens (tertiary/aromatic N) is 2. The summed E-state index contributed by atoms with van der Waals surface area (Å²) in [5.41, 5.74) is -0.861. The monoisotopic (exact) mass is 302 g/mol. The van der Waals surface area contributed by atoms with Crippen LogP contribution in [0.3, 0.4) is 0 Å². The third-order valence-corrected chi connectivity index (χ3v) is 5.50. The van der Waals surface area contributed by atoms with Gasteiger partial charge < -0.3 is 0 Å². The average Bonchev–Trinajstić information content (AvgIpc) is 2.78. The Morgan fingerprint density at radius 2 is 2.10 bits per heavy atom. The number of benzene rings is 1. The number of hydrogen-bond acceptors (Lipinski definition) is 4. The molecular formula is C12H15FN2O4S. The summed E-state index contributed by atoms with van der Waals surface area (Å²) in [6, 6.07) is 1.79. The van der Waals surface area contributed by atoms with Crippen LogP contribution in [0.5, 0.6) is 0 Å². The summed E-state index contributed by atoms with van der Waals surface area (Å²) >= 11 is 0. The van der Waals surface area contributed by atoms with Gasteiger partial charge in [0.05, 0.1) is 9.82 Å². The summed E-state index contributed by atoms with van der Waals surface area (Å²) in [6.45, 7) is 3.48. The minimum Gasteiger partial charge on any atom is -0.258 e. The van der Waals surface area contributed by atoms with Gasteiger partial charge in [-0.1, -0.05) is 0 Å². The zero-order valence-electron chi connectivity index (χ0n) is 11.2. The largest absolute Gasteiger partial charge is 0.306 e. The summed E-state index contributed by atoms with van der Waals surface area (Å²) < 4.78 is 39.9. The molecule has 1 aliphatic rings. The van der Waals surface area contributed by atoms with Crippen molar-refractivity contribution >= 4 is 15.7 Å². The summed E-state index contributed by atoms with van der Waals surface area (Å²) in [4.78, 5) is 9.66. The molecule has 0 aromatic heterocycles. The third-order valence-electron chi connectivity index (χ3n) is 3.50. The van der Waals surface area contributed by atoms with Gasteiger partial charge in [-0.25, -0.2) is 8.42 Å². The van der Waals surface area contributed by atoms with Crippen LogP contribution >= 0.6 is 0 Å². The van der Waals surface area contributed by atoms with Gasteiger partial charge in [0.25, 0.3) is 0 Å². The molecule has 110 valence electrons. The molecule has 8 heteroatoms. The highest BCUT2D eigenvalue weighted by Gasteiger charge is 2.34. The van der Waals surface area contributed by atoms with Gasteiger partial charge in [-0.05, 0) is 38.3 Å². The smallest absolute Gasteiger partial charge is 0.258 e. The Bertz CT molecular complexity index is 660. The fraction of sp³-hybridized carbons (Fsp3) is 0.500. The van der Waals surface area contributed by atoms with Crippen LogP contribution in [-0.2, 0) is 10.0 Å². The van der Waals surface area contributed by atoms with Crippen LogP contribution in [0.15, 0.2) is 17.0 Å². The van der Waals surface area contributed by atoms with Gasteiger partial charge in [-0.2, -0.15) is 8.70 Å². The van der Waals surface area contributed by atoms with Crippen molar-refractivity contribution in [3.8, 4) is 0 Å². The molecule has 0 amide bonds. The van der Waals surface area contributed by atoms with Crippen LogP contribution in [0.25, 0.3) is 0 Å². The topological polar surface area (TPSA) is 80.5 Å². The van der Waals surface area contributed by atoms with E-state index in [9.17, 15) is 22.9 Å². The second-order valence-corrected chi connectivity index (χ2v) is 6.83. The minimum atomic E-state index is -3.82. The van der Waals surface area contributed by atoms with E-state index in [0.29, 0.717) is 6.54 Å². The van der Waals surface area contributed by atoms with Crippen LogP contribution in [0.4, 0.5) is 10.1 Å². The third kappa shape index (κ3) is 2.40. The van der Waals surface area contributed by atoms with Gasteiger partial charge >= 0.3 is 5.69 Å². The molecule has 1 heterocycles. The maximum atomic E-state index is 13.6. The van der Waals surface area contributed by atoms with Crippen LogP contribution < -0.4 is 0 Å². The lowest BCUT2D eigenvalue weighted by atomic mass is 10.2. The molecule has 1 aromatic rings. The second-order valence-electron chi connectivity index (χ2n) is 4.94. The first-order valence-electron chi connectivity index (χ1n) is 6.21. The Labute approximate surface area is 116 Å². The molecule has 0 N–H and O–H groups in total. The fourth-order valence-corrected chi connectivity index (χ4v) is 4.21. The summed E-state index contributed by atoms with van der Waals surface area (Å²) in [5, 5.41) is 10.8. The zero-order valence-corrected chi connectivity index (χ0v) is 12.0. The van der Waals surface area contributed by atoms with E-state index in [2.05, 4.69) is 0 Å². The molecule has 1 unspecified atom stereocenters. The van der Waals surface area contributed by atoms with Gasteiger partial charge in [-0.3, -0.25) is 10.1 Å². The van der Waals surface area contributed by atoms with E-state index < -0.39 is 26.5 Å². The van der Waals surface area contributed by atoms with Crippen molar-refractivity contribution in [2.45, 2.75) is 37.6 Å². The number of sulfonamides is 1. The van der Waals surface area contributed by atoms with Crippen LogP contribution in [0, 0.1) is 22.9 Å². The quantitative estimate of drug-likeness (QED) is 0.633. The number of nitro groups is 1. The predicted molar refractivity (Wildman–Crippen MR) is 70.4 cm³/mol. The Morgan fingerprint density at radius 3 is 2.60 bits per heavy atom. The highest BCUT2D eigenvalue weighted by molar-refractivity contribution is 7.89. The molecule has 0 saturated carbocycles. The Kier molecular flexibility index (Phi) is 3.79. The van der Waals surface area contributed by atoms with Crippen LogP contribution in [0.1, 0.15) is 25.3 Å². The summed E-state index contributed by atoms with van der Waals surface area (Å²) in [7, 11) is -3.82. The van der Waals surface area contributed by atoms with E-state index in [4.69, 9.17) is 0 Å². The molecule has 1 saturated heterocycles. The van der Waals surface area contributed by atoms with E-state index in [1.807, 2.05) is 0 Å². The second kappa shape index (κ2) is 5.10. The van der Waals surface area contributed by atoms with Crippen molar-refractivity contribution in [3.05, 3.63) is 33.6 Å². The Hall–Kier alpha value is -1.54. The molecule has 0 aliphatic carbocycles. The standard InChI is InChI=1S/C12H15FN2O4S/c1-8-6-10(7-11(12(8)13)15(16)17)20(18,19)14-5-3-4-9(14)2/h6-7,9H,3-5H2,1-2H3. The normalized spacial score (nSPS) is 20.2. The number of halogens is 1. The molecular weight excluding hydrogens is 287 g/mol. The zero-order chi connectivity index (χ0) is 15.1. The first-order valence-corrected chi connectivity index (χ1v) is 7.65. The van der Waals surface area contributed by atoms with E-state index in [-0.39, 0.29) is 16.5 Å². The predicted octanol–water partition coefficient (Wildman–Crippen LogP) is 2.22. The molecule has 1 fully saturated rings. The van der Waals surface area contributed by atoms with Crippen molar-refractivity contribution < 1.29 is 17.7 Å². The molecule has 2 rings (SSSR count). The molecule has 1 aromatic carbocycles. The number of nitro benzene ring substituents is 1. The number of rotatable bonds is 3. The van der Waals surface area contributed by atoms with Crippen molar-refractivity contribution in [2.75, 3.05) is 6.54 Å². The lowest BCUT2D eigenvalue weighted by molar-refractivity contribution is -0.387. The van der Waals surface area contributed by atoms with Crippen LogP contribution in [-0.4, -0.2) is 30.2 Å². The number of aryl methyl sites for hydroxylation is 1. The molecule has 1 aliphatic heterocycles. The van der Waals surface area contributed by atoms with Gasteiger partial charge in [0, 0.05) is 18.7 Å². The Balaban J connectivity index is 2.55. The first kappa shape index (κ1) is 14.9. The lowest BCUT2D eigenvalue weighted by Crippen LogP contribution is -2.33. The SMILES string of the molecule is Cc1cc(S(=O)(=O)N2CCCC2C)cc([N+](=O)[O-])c1F. The van der Waals surface area contributed by atoms with Crippen molar-refractivity contribution in [1.29, 1.82) is 0 Å². The fourth-order valence-electron chi connectivity index (χ4n) is 2.40. The molecule has 0 radical (unpaired) electrons. The Morgan fingerprint density at radius 1 is 1.45 bits per heavy atom. The summed E-state index contributed by atoms with van der Waals surface area (Å²) in [6.07, 6.45) is 1.50. The van der Waals surface area contributed by atoms with Crippen molar-refractivity contribution in [2.24, 2.45) is 0 Å². The van der Waals surface area contributed by atoms with Crippen LogP contribution in [0.2, 0.25) is 0 Å². The first-order chi connectivity index (χ1) is 9.25. The van der Waals surface area contributed by atoms with E-state index in [0.717, 1.165) is 25.0 Å². The molecule has 1 atom stereocenters. The molecule has 0 bridgehead atoms. The van der Waals surface area contributed by atoms with E-state index in [1.54, 1.807) is 6.92 Å². The minimum absolute atomic E-state index is 0.0513. The molecule has 0 spiro atoms. The molecule has 6 nitrogen and oxygen atoms in total. The highest BCUT2D eigenvalue weighted by Crippen LogP contribution is 2.30. The van der Waals surface area contributed by atoms with E-state index >= 15 is 0 Å². The average molecular weight is 302 g/mol.